The van der Waals surface area contributed by atoms with Crippen molar-refractivity contribution in [3.05, 3.63) is 56.6 Å². The molecule has 0 heterocycles. The van der Waals surface area contributed by atoms with Crippen LogP contribution in [0.2, 0.25) is 5.02 Å². The summed E-state index contributed by atoms with van der Waals surface area (Å²) < 4.78 is 0.926. The van der Waals surface area contributed by atoms with Crippen LogP contribution in [0.1, 0.15) is 10.4 Å². The van der Waals surface area contributed by atoms with Crippen LogP contribution in [0.3, 0.4) is 0 Å². The molecule has 0 spiro atoms. The Kier molecular flexibility index (Phi) is 4.88. The summed E-state index contributed by atoms with van der Waals surface area (Å²) in [7, 11) is 3.92. The van der Waals surface area contributed by atoms with E-state index >= 15 is 0 Å². The summed E-state index contributed by atoms with van der Waals surface area (Å²) in [5.74, 6) is -0.167. The zero-order valence-corrected chi connectivity index (χ0v) is 14.1. The number of carbonyl (C=O) groups is 1. The number of amides is 1. The topological polar surface area (TPSA) is 32.3 Å². The van der Waals surface area contributed by atoms with Crippen molar-refractivity contribution in [3.8, 4) is 0 Å². The maximum Gasteiger partial charge on any atom is 0.255 e. The number of carbonyl (C=O) groups excluding carboxylic acids is 1. The number of rotatable bonds is 3. The van der Waals surface area contributed by atoms with E-state index in [4.69, 9.17) is 11.6 Å². The summed E-state index contributed by atoms with van der Waals surface area (Å²) in [5.41, 5.74) is 2.34. The van der Waals surface area contributed by atoms with Gasteiger partial charge < -0.3 is 10.2 Å². The first-order valence-corrected chi connectivity index (χ1v) is 7.47. The molecule has 0 aliphatic heterocycles. The van der Waals surface area contributed by atoms with Crippen LogP contribution in [0.4, 0.5) is 11.4 Å². The summed E-state index contributed by atoms with van der Waals surface area (Å²) in [6.07, 6.45) is 0. The summed E-state index contributed by atoms with van der Waals surface area (Å²) in [6.45, 7) is 0. The van der Waals surface area contributed by atoms with Crippen LogP contribution in [0, 0.1) is 3.57 Å². The molecule has 104 valence electrons. The third kappa shape index (κ3) is 3.64. The molecule has 0 bridgehead atoms. The summed E-state index contributed by atoms with van der Waals surface area (Å²) >= 11 is 8.16. The first kappa shape index (κ1) is 15.1. The van der Waals surface area contributed by atoms with E-state index in [2.05, 4.69) is 27.9 Å². The number of nitrogens with one attached hydrogen (secondary N) is 1. The van der Waals surface area contributed by atoms with Crippen LogP contribution in [-0.2, 0) is 0 Å². The minimum Gasteiger partial charge on any atom is -0.378 e. The Hall–Kier alpha value is -1.27. The lowest BCUT2D eigenvalue weighted by molar-refractivity contribution is 0.102. The fourth-order valence-electron chi connectivity index (χ4n) is 1.70. The number of anilines is 2. The molecular formula is C15H14ClIN2O. The van der Waals surface area contributed by atoms with Gasteiger partial charge in [-0.3, -0.25) is 4.79 Å². The van der Waals surface area contributed by atoms with Gasteiger partial charge in [0.15, 0.2) is 0 Å². The van der Waals surface area contributed by atoms with Crippen LogP contribution in [0.15, 0.2) is 42.5 Å². The van der Waals surface area contributed by atoms with Crippen LogP contribution in [0.25, 0.3) is 0 Å². The number of nitrogens with zero attached hydrogens (tertiary/aromatic N) is 1. The lowest BCUT2D eigenvalue weighted by atomic mass is 10.2. The fraction of sp³-hybridized carbons (Fsp3) is 0.133. The standard InChI is InChI=1S/C15H14ClIN2O/c1-19(2)12-5-3-4-11(9-12)18-15(20)10-6-7-14(17)13(16)8-10/h3-9H,1-2H3,(H,18,20). The largest absolute Gasteiger partial charge is 0.378 e. The lowest BCUT2D eigenvalue weighted by Gasteiger charge is -2.14. The van der Waals surface area contributed by atoms with Crippen molar-refractivity contribution >= 4 is 51.5 Å². The van der Waals surface area contributed by atoms with Gasteiger partial charge in [-0.25, -0.2) is 0 Å². The van der Waals surface area contributed by atoms with Crippen molar-refractivity contribution in [1.29, 1.82) is 0 Å². The van der Waals surface area contributed by atoms with Crippen LogP contribution in [-0.4, -0.2) is 20.0 Å². The first-order chi connectivity index (χ1) is 9.47. The van der Waals surface area contributed by atoms with Gasteiger partial charge in [0.25, 0.3) is 5.91 Å². The van der Waals surface area contributed by atoms with Crippen molar-refractivity contribution in [2.75, 3.05) is 24.3 Å². The van der Waals surface area contributed by atoms with Gasteiger partial charge in [-0.1, -0.05) is 17.7 Å². The van der Waals surface area contributed by atoms with E-state index < -0.39 is 0 Å². The highest BCUT2D eigenvalue weighted by Crippen LogP contribution is 2.21. The molecule has 0 aliphatic rings. The van der Waals surface area contributed by atoms with E-state index in [9.17, 15) is 4.79 Å². The Morgan fingerprint density at radius 2 is 1.95 bits per heavy atom. The number of benzene rings is 2. The predicted molar refractivity (Wildman–Crippen MR) is 92.9 cm³/mol. The molecule has 0 unspecified atom stereocenters. The lowest BCUT2D eigenvalue weighted by Crippen LogP contribution is -2.13. The summed E-state index contributed by atoms with van der Waals surface area (Å²) in [6, 6.07) is 12.9. The average Bonchev–Trinajstić information content (AvgIpc) is 2.42. The van der Waals surface area contributed by atoms with Gasteiger partial charge in [-0.15, -0.1) is 0 Å². The summed E-state index contributed by atoms with van der Waals surface area (Å²) in [4.78, 5) is 14.2. The van der Waals surface area contributed by atoms with E-state index in [1.165, 1.54) is 0 Å². The smallest absolute Gasteiger partial charge is 0.255 e. The molecule has 2 rings (SSSR count). The molecule has 20 heavy (non-hydrogen) atoms. The highest BCUT2D eigenvalue weighted by molar-refractivity contribution is 14.1. The second-order valence-corrected chi connectivity index (χ2v) is 6.10. The molecule has 0 fully saturated rings. The van der Waals surface area contributed by atoms with Crippen LogP contribution in [0.5, 0.6) is 0 Å². The van der Waals surface area contributed by atoms with Gasteiger partial charge >= 0.3 is 0 Å². The van der Waals surface area contributed by atoms with Crippen molar-refractivity contribution in [2.24, 2.45) is 0 Å². The maximum atomic E-state index is 12.2. The zero-order chi connectivity index (χ0) is 14.7. The second kappa shape index (κ2) is 6.45. The molecule has 1 amide bonds. The molecule has 0 saturated carbocycles. The highest BCUT2D eigenvalue weighted by atomic mass is 127. The molecular weight excluding hydrogens is 387 g/mol. The first-order valence-electron chi connectivity index (χ1n) is 6.01. The van der Waals surface area contributed by atoms with Crippen LogP contribution < -0.4 is 10.2 Å². The number of halogens is 2. The van der Waals surface area contributed by atoms with E-state index in [1.54, 1.807) is 12.1 Å². The minimum absolute atomic E-state index is 0.167. The normalized spacial score (nSPS) is 10.2. The Morgan fingerprint density at radius 1 is 1.20 bits per heavy atom. The van der Waals surface area contributed by atoms with Gasteiger partial charge in [0.2, 0.25) is 0 Å². The van der Waals surface area contributed by atoms with E-state index in [0.717, 1.165) is 14.9 Å². The second-order valence-electron chi connectivity index (χ2n) is 4.53. The van der Waals surface area contributed by atoms with Gasteiger partial charge in [0.05, 0.1) is 5.02 Å². The Bertz CT molecular complexity index is 644. The van der Waals surface area contributed by atoms with Gasteiger partial charge in [0, 0.05) is 34.6 Å². The quantitative estimate of drug-likeness (QED) is 0.781. The monoisotopic (exact) mass is 400 g/mol. The fourth-order valence-corrected chi connectivity index (χ4v) is 2.22. The third-order valence-corrected chi connectivity index (χ3v) is 4.37. The number of hydrogen-bond donors (Lipinski definition) is 1. The van der Waals surface area contributed by atoms with Gasteiger partial charge in [-0.05, 0) is 59.0 Å². The van der Waals surface area contributed by atoms with Crippen LogP contribution >= 0.6 is 34.2 Å². The van der Waals surface area contributed by atoms with E-state index in [1.807, 2.05) is 49.3 Å². The van der Waals surface area contributed by atoms with Gasteiger partial charge in [-0.2, -0.15) is 0 Å². The molecule has 0 radical (unpaired) electrons. The number of hydrogen-bond acceptors (Lipinski definition) is 2. The Morgan fingerprint density at radius 3 is 2.60 bits per heavy atom. The van der Waals surface area contributed by atoms with E-state index in [0.29, 0.717) is 10.6 Å². The average molecular weight is 401 g/mol. The maximum absolute atomic E-state index is 12.2. The third-order valence-electron chi connectivity index (χ3n) is 2.80. The zero-order valence-electron chi connectivity index (χ0n) is 11.2. The summed E-state index contributed by atoms with van der Waals surface area (Å²) in [5, 5.41) is 3.46. The molecule has 3 nitrogen and oxygen atoms in total. The molecule has 0 saturated heterocycles. The molecule has 2 aromatic rings. The van der Waals surface area contributed by atoms with Gasteiger partial charge in [0.1, 0.15) is 0 Å². The molecule has 0 atom stereocenters. The molecule has 0 aromatic heterocycles. The van der Waals surface area contributed by atoms with Crippen molar-refractivity contribution in [3.63, 3.8) is 0 Å². The Labute approximate surface area is 137 Å². The molecule has 0 aliphatic carbocycles. The van der Waals surface area contributed by atoms with E-state index in [-0.39, 0.29) is 5.91 Å². The SMILES string of the molecule is CN(C)c1cccc(NC(=O)c2ccc(I)c(Cl)c2)c1. The molecule has 5 heteroatoms. The van der Waals surface area contributed by atoms with Crippen molar-refractivity contribution in [2.45, 2.75) is 0 Å². The van der Waals surface area contributed by atoms with Crippen molar-refractivity contribution in [1.82, 2.24) is 0 Å². The predicted octanol–water partition coefficient (Wildman–Crippen LogP) is 4.26. The highest BCUT2D eigenvalue weighted by Gasteiger charge is 2.08. The molecule has 1 N–H and O–H groups in total. The minimum atomic E-state index is -0.167. The van der Waals surface area contributed by atoms with Crippen molar-refractivity contribution < 1.29 is 4.79 Å². The molecule has 2 aromatic carbocycles. The Balaban J connectivity index is 2.19.